The van der Waals surface area contributed by atoms with Gasteiger partial charge in [-0.15, -0.1) is 0 Å². The Balaban J connectivity index is 1.88. The first-order valence-electron chi connectivity index (χ1n) is 5.76. The molecule has 0 spiro atoms. The van der Waals surface area contributed by atoms with Crippen LogP contribution in [0.15, 0.2) is 12.4 Å². The van der Waals surface area contributed by atoms with Gasteiger partial charge in [-0.1, -0.05) is 0 Å². The molecule has 1 aromatic heterocycles. The molecule has 0 saturated carbocycles. The van der Waals surface area contributed by atoms with E-state index in [1.807, 2.05) is 6.92 Å². The van der Waals surface area contributed by atoms with Gasteiger partial charge in [0, 0.05) is 25.0 Å². The SMILES string of the molecule is Cc1cnc(CNC2CCCS(=O)(=O)C2)cn1. The lowest BCUT2D eigenvalue weighted by atomic mass is 10.2. The van der Waals surface area contributed by atoms with Crippen molar-refractivity contribution in [3.8, 4) is 0 Å². The number of aryl methyl sites for hydroxylation is 1. The molecule has 6 heteroatoms. The van der Waals surface area contributed by atoms with Gasteiger partial charge in [-0.2, -0.15) is 0 Å². The molecule has 2 heterocycles. The molecule has 1 saturated heterocycles. The Kier molecular flexibility index (Phi) is 3.73. The van der Waals surface area contributed by atoms with Crippen molar-refractivity contribution in [2.45, 2.75) is 32.4 Å². The summed E-state index contributed by atoms with van der Waals surface area (Å²) in [7, 11) is -2.84. The predicted octanol–water partition coefficient (Wildman–Crippen LogP) is 0.452. The molecular weight excluding hydrogens is 238 g/mol. The van der Waals surface area contributed by atoms with Crippen LogP contribution in [-0.2, 0) is 16.4 Å². The Labute approximate surface area is 102 Å². The van der Waals surface area contributed by atoms with Gasteiger partial charge < -0.3 is 5.32 Å². The molecule has 1 N–H and O–H groups in total. The maximum Gasteiger partial charge on any atom is 0.151 e. The molecule has 2 rings (SSSR count). The molecule has 0 bridgehead atoms. The summed E-state index contributed by atoms with van der Waals surface area (Å²) in [6.07, 6.45) is 5.10. The molecule has 17 heavy (non-hydrogen) atoms. The normalized spacial score (nSPS) is 23.5. The summed E-state index contributed by atoms with van der Waals surface area (Å²) in [4.78, 5) is 8.38. The van der Waals surface area contributed by atoms with E-state index in [9.17, 15) is 8.42 Å². The molecule has 1 atom stereocenters. The van der Waals surface area contributed by atoms with Crippen LogP contribution in [0.3, 0.4) is 0 Å². The van der Waals surface area contributed by atoms with E-state index < -0.39 is 9.84 Å². The highest BCUT2D eigenvalue weighted by Gasteiger charge is 2.24. The van der Waals surface area contributed by atoms with Crippen LogP contribution in [0.4, 0.5) is 0 Å². The lowest BCUT2D eigenvalue weighted by Crippen LogP contribution is -2.39. The molecule has 0 aliphatic carbocycles. The summed E-state index contributed by atoms with van der Waals surface area (Å²) in [5.41, 5.74) is 1.73. The minimum Gasteiger partial charge on any atom is -0.307 e. The summed E-state index contributed by atoms with van der Waals surface area (Å²) >= 11 is 0. The number of sulfone groups is 1. The molecule has 1 aromatic rings. The smallest absolute Gasteiger partial charge is 0.151 e. The van der Waals surface area contributed by atoms with Gasteiger partial charge >= 0.3 is 0 Å². The van der Waals surface area contributed by atoms with Crippen LogP contribution >= 0.6 is 0 Å². The van der Waals surface area contributed by atoms with Gasteiger partial charge in [0.15, 0.2) is 9.84 Å². The van der Waals surface area contributed by atoms with Crippen LogP contribution in [0, 0.1) is 6.92 Å². The summed E-state index contributed by atoms with van der Waals surface area (Å²) in [6, 6.07) is 0.0526. The zero-order valence-electron chi connectivity index (χ0n) is 9.89. The third-order valence-electron chi connectivity index (χ3n) is 2.87. The fourth-order valence-electron chi connectivity index (χ4n) is 1.94. The van der Waals surface area contributed by atoms with Crippen molar-refractivity contribution in [2.24, 2.45) is 0 Å². The molecule has 1 unspecified atom stereocenters. The van der Waals surface area contributed by atoms with E-state index in [-0.39, 0.29) is 11.8 Å². The van der Waals surface area contributed by atoms with Crippen LogP contribution in [0.25, 0.3) is 0 Å². The first kappa shape index (κ1) is 12.4. The van der Waals surface area contributed by atoms with E-state index in [1.54, 1.807) is 12.4 Å². The standard InChI is InChI=1S/C11H17N3O2S/c1-9-5-13-11(6-12-9)7-14-10-3-2-4-17(15,16)8-10/h5-6,10,14H,2-4,7-8H2,1H3. The average Bonchev–Trinajstić information content (AvgIpc) is 2.27. The average molecular weight is 255 g/mol. The maximum atomic E-state index is 11.4. The van der Waals surface area contributed by atoms with Gasteiger partial charge in [0.25, 0.3) is 0 Å². The lowest BCUT2D eigenvalue weighted by molar-refractivity contribution is 0.477. The predicted molar refractivity (Wildman–Crippen MR) is 65.3 cm³/mol. The molecule has 94 valence electrons. The van der Waals surface area contributed by atoms with E-state index in [2.05, 4.69) is 15.3 Å². The Morgan fingerprint density at radius 3 is 2.88 bits per heavy atom. The van der Waals surface area contributed by atoms with Crippen LogP contribution in [0.1, 0.15) is 24.2 Å². The second-order valence-corrected chi connectivity index (χ2v) is 6.71. The topological polar surface area (TPSA) is 72.0 Å². The molecule has 5 nitrogen and oxygen atoms in total. The highest BCUT2D eigenvalue weighted by atomic mass is 32.2. The molecule has 0 amide bonds. The van der Waals surface area contributed by atoms with Crippen molar-refractivity contribution < 1.29 is 8.42 Å². The van der Waals surface area contributed by atoms with Crippen molar-refractivity contribution in [1.29, 1.82) is 0 Å². The number of hydrogen-bond donors (Lipinski definition) is 1. The van der Waals surface area contributed by atoms with Crippen molar-refractivity contribution in [3.63, 3.8) is 0 Å². The zero-order valence-corrected chi connectivity index (χ0v) is 10.7. The van der Waals surface area contributed by atoms with Crippen LogP contribution < -0.4 is 5.32 Å². The fourth-order valence-corrected chi connectivity index (χ4v) is 3.61. The highest BCUT2D eigenvalue weighted by Crippen LogP contribution is 2.12. The summed E-state index contributed by atoms with van der Waals surface area (Å²) in [5.74, 6) is 0.571. The Hall–Kier alpha value is -1.01. The van der Waals surface area contributed by atoms with Crippen molar-refractivity contribution in [1.82, 2.24) is 15.3 Å². The van der Waals surface area contributed by atoms with Gasteiger partial charge in [-0.3, -0.25) is 9.97 Å². The van der Waals surface area contributed by atoms with Crippen molar-refractivity contribution >= 4 is 9.84 Å². The van der Waals surface area contributed by atoms with E-state index in [4.69, 9.17) is 0 Å². The minimum absolute atomic E-state index is 0.0526. The maximum absolute atomic E-state index is 11.4. The highest BCUT2D eigenvalue weighted by molar-refractivity contribution is 7.91. The molecular formula is C11H17N3O2S. The van der Waals surface area contributed by atoms with Gasteiger partial charge in [0.05, 0.1) is 22.9 Å². The van der Waals surface area contributed by atoms with E-state index >= 15 is 0 Å². The molecule has 1 fully saturated rings. The van der Waals surface area contributed by atoms with Gasteiger partial charge in [0.2, 0.25) is 0 Å². The zero-order chi connectivity index (χ0) is 12.3. The summed E-state index contributed by atoms with van der Waals surface area (Å²) < 4.78 is 22.9. The summed E-state index contributed by atoms with van der Waals surface area (Å²) in [5, 5.41) is 3.23. The fraction of sp³-hybridized carbons (Fsp3) is 0.636. The molecule has 1 aliphatic rings. The second-order valence-electron chi connectivity index (χ2n) is 4.48. The van der Waals surface area contributed by atoms with Gasteiger partial charge in [0.1, 0.15) is 0 Å². The Bertz CT molecular complexity index is 470. The number of nitrogens with zero attached hydrogens (tertiary/aromatic N) is 2. The van der Waals surface area contributed by atoms with E-state index in [0.29, 0.717) is 12.3 Å². The van der Waals surface area contributed by atoms with Crippen LogP contribution in [-0.4, -0.2) is 35.9 Å². The Morgan fingerprint density at radius 1 is 1.41 bits per heavy atom. The van der Waals surface area contributed by atoms with Gasteiger partial charge in [-0.05, 0) is 19.8 Å². The Morgan fingerprint density at radius 2 is 2.24 bits per heavy atom. The van der Waals surface area contributed by atoms with Crippen molar-refractivity contribution in [3.05, 3.63) is 23.8 Å². The van der Waals surface area contributed by atoms with Crippen molar-refractivity contribution in [2.75, 3.05) is 11.5 Å². The largest absolute Gasteiger partial charge is 0.307 e. The number of hydrogen-bond acceptors (Lipinski definition) is 5. The third-order valence-corrected chi connectivity index (χ3v) is 4.69. The van der Waals surface area contributed by atoms with Crippen LogP contribution in [0.5, 0.6) is 0 Å². The summed E-state index contributed by atoms with van der Waals surface area (Å²) in [6.45, 7) is 2.46. The second kappa shape index (κ2) is 5.10. The first-order chi connectivity index (χ1) is 8.05. The molecule has 1 aliphatic heterocycles. The van der Waals surface area contributed by atoms with E-state index in [0.717, 1.165) is 24.2 Å². The number of aromatic nitrogens is 2. The lowest BCUT2D eigenvalue weighted by Gasteiger charge is -2.22. The quantitative estimate of drug-likeness (QED) is 0.849. The third kappa shape index (κ3) is 3.74. The first-order valence-corrected chi connectivity index (χ1v) is 7.59. The van der Waals surface area contributed by atoms with E-state index in [1.165, 1.54) is 0 Å². The molecule has 0 aromatic carbocycles. The van der Waals surface area contributed by atoms with Gasteiger partial charge in [-0.25, -0.2) is 8.42 Å². The number of nitrogens with one attached hydrogen (secondary N) is 1. The monoisotopic (exact) mass is 255 g/mol. The van der Waals surface area contributed by atoms with Crippen LogP contribution in [0.2, 0.25) is 0 Å². The molecule has 0 radical (unpaired) electrons. The number of rotatable bonds is 3. The minimum atomic E-state index is -2.84.